The lowest BCUT2D eigenvalue weighted by Gasteiger charge is -2.12. The van der Waals surface area contributed by atoms with Crippen LogP contribution < -0.4 is 0 Å². The van der Waals surface area contributed by atoms with E-state index in [0.29, 0.717) is 0 Å². The summed E-state index contributed by atoms with van der Waals surface area (Å²) in [5, 5.41) is 0. The Morgan fingerprint density at radius 2 is 1.91 bits per heavy atom. The molecule has 11 heavy (non-hydrogen) atoms. The highest BCUT2D eigenvalue weighted by molar-refractivity contribution is 5.06. The van der Waals surface area contributed by atoms with Crippen LogP contribution in [0.15, 0.2) is 0 Å². The van der Waals surface area contributed by atoms with Crippen molar-refractivity contribution in [2.75, 3.05) is 6.61 Å². The molecule has 0 amide bonds. The van der Waals surface area contributed by atoms with Crippen LogP contribution in [0.2, 0.25) is 0 Å². The van der Waals surface area contributed by atoms with Crippen molar-refractivity contribution >= 4 is 0 Å². The van der Waals surface area contributed by atoms with Crippen LogP contribution in [0.5, 0.6) is 0 Å². The molecule has 0 saturated heterocycles. The van der Waals surface area contributed by atoms with Gasteiger partial charge in [0, 0.05) is 6.42 Å². The first-order valence-electron chi connectivity index (χ1n) is 3.87. The minimum atomic E-state index is -2.48. The molecule has 1 saturated carbocycles. The van der Waals surface area contributed by atoms with Crippen molar-refractivity contribution in [2.24, 2.45) is 5.41 Å². The highest BCUT2D eigenvalue weighted by Gasteiger charge is 2.67. The van der Waals surface area contributed by atoms with Gasteiger partial charge in [-0.05, 0) is 13.8 Å². The largest absolute Gasteiger partial charge is 0.378 e. The second kappa shape index (κ2) is 2.41. The Balaban J connectivity index is 2.29. The SMILES string of the molecule is CC(C)OCC1(C)CC1(F)F. The Bertz CT molecular complexity index is 156. The van der Waals surface area contributed by atoms with Crippen LogP contribution in [0.3, 0.4) is 0 Å². The molecule has 0 radical (unpaired) electrons. The number of hydrogen-bond donors (Lipinski definition) is 0. The number of hydrogen-bond acceptors (Lipinski definition) is 1. The van der Waals surface area contributed by atoms with Gasteiger partial charge in [0.2, 0.25) is 0 Å². The van der Waals surface area contributed by atoms with Crippen molar-refractivity contribution in [3.8, 4) is 0 Å². The maximum Gasteiger partial charge on any atom is 0.256 e. The quantitative estimate of drug-likeness (QED) is 0.622. The molecule has 0 N–H and O–H groups in total. The van der Waals surface area contributed by atoms with Gasteiger partial charge in [0.25, 0.3) is 5.92 Å². The van der Waals surface area contributed by atoms with Crippen LogP contribution in [0.4, 0.5) is 8.78 Å². The molecule has 1 unspecified atom stereocenters. The van der Waals surface area contributed by atoms with E-state index in [0.717, 1.165) is 0 Å². The van der Waals surface area contributed by atoms with Gasteiger partial charge in [-0.25, -0.2) is 8.78 Å². The fourth-order valence-electron chi connectivity index (χ4n) is 0.953. The molecule has 0 bridgehead atoms. The van der Waals surface area contributed by atoms with Gasteiger partial charge >= 0.3 is 0 Å². The molecule has 1 aliphatic carbocycles. The predicted molar refractivity (Wildman–Crippen MR) is 38.8 cm³/mol. The molecular formula is C8H14F2O. The summed E-state index contributed by atoms with van der Waals surface area (Å²) in [6.07, 6.45) is 0.0235. The van der Waals surface area contributed by atoms with Gasteiger partial charge in [-0.2, -0.15) is 0 Å². The second-order valence-corrected chi connectivity index (χ2v) is 3.80. The molecule has 66 valence electrons. The molecule has 0 aromatic heterocycles. The fraction of sp³-hybridized carbons (Fsp3) is 1.00. The normalized spacial score (nSPS) is 34.4. The van der Waals surface area contributed by atoms with Crippen molar-refractivity contribution in [1.82, 2.24) is 0 Å². The van der Waals surface area contributed by atoms with Crippen LogP contribution in [-0.4, -0.2) is 18.6 Å². The van der Waals surface area contributed by atoms with E-state index in [1.165, 1.54) is 0 Å². The number of ether oxygens (including phenoxy) is 1. The highest BCUT2D eigenvalue weighted by atomic mass is 19.3. The minimum absolute atomic E-state index is 0.0211. The van der Waals surface area contributed by atoms with Crippen LogP contribution in [0.25, 0.3) is 0 Å². The first kappa shape index (κ1) is 8.91. The van der Waals surface area contributed by atoms with Gasteiger partial charge in [-0.3, -0.25) is 0 Å². The third-order valence-corrected chi connectivity index (χ3v) is 2.11. The molecule has 1 atom stereocenters. The molecule has 0 aromatic carbocycles. The summed E-state index contributed by atoms with van der Waals surface area (Å²) < 4.78 is 30.2. The predicted octanol–water partition coefficient (Wildman–Crippen LogP) is 2.46. The monoisotopic (exact) mass is 164 g/mol. The summed E-state index contributed by atoms with van der Waals surface area (Å²) in [6.45, 7) is 5.45. The summed E-state index contributed by atoms with van der Waals surface area (Å²) in [4.78, 5) is 0. The maximum absolute atomic E-state index is 12.6. The van der Waals surface area contributed by atoms with Crippen molar-refractivity contribution in [3.05, 3.63) is 0 Å². The van der Waals surface area contributed by atoms with Gasteiger partial charge < -0.3 is 4.74 Å². The zero-order valence-electron chi connectivity index (χ0n) is 7.16. The van der Waals surface area contributed by atoms with E-state index >= 15 is 0 Å². The van der Waals surface area contributed by atoms with Crippen molar-refractivity contribution in [3.63, 3.8) is 0 Å². The van der Waals surface area contributed by atoms with E-state index < -0.39 is 11.3 Å². The van der Waals surface area contributed by atoms with Crippen molar-refractivity contribution in [2.45, 2.75) is 39.2 Å². The molecule has 0 spiro atoms. The van der Waals surface area contributed by atoms with Gasteiger partial charge in [-0.15, -0.1) is 0 Å². The van der Waals surface area contributed by atoms with Crippen molar-refractivity contribution in [1.29, 1.82) is 0 Å². The lowest BCUT2D eigenvalue weighted by Crippen LogP contribution is -2.17. The molecule has 3 heteroatoms. The Morgan fingerprint density at radius 1 is 1.45 bits per heavy atom. The molecule has 1 aliphatic rings. The molecular weight excluding hydrogens is 150 g/mol. The smallest absolute Gasteiger partial charge is 0.256 e. The van der Waals surface area contributed by atoms with Crippen molar-refractivity contribution < 1.29 is 13.5 Å². The van der Waals surface area contributed by atoms with E-state index in [1.54, 1.807) is 6.92 Å². The average Bonchev–Trinajstić information content (AvgIpc) is 2.29. The summed E-state index contributed by atoms with van der Waals surface area (Å²) in [6, 6.07) is 0. The summed E-state index contributed by atoms with van der Waals surface area (Å²) in [7, 11) is 0. The van der Waals surface area contributed by atoms with Gasteiger partial charge in [0.05, 0.1) is 18.1 Å². The number of halogens is 2. The van der Waals surface area contributed by atoms with Gasteiger partial charge in [0.1, 0.15) is 0 Å². The molecule has 1 rings (SSSR count). The maximum atomic E-state index is 12.6. The van der Waals surface area contributed by atoms with Crippen LogP contribution in [0.1, 0.15) is 27.2 Å². The third kappa shape index (κ3) is 1.70. The van der Waals surface area contributed by atoms with Gasteiger partial charge in [0.15, 0.2) is 0 Å². The molecule has 0 aromatic rings. The lowest BCUT2D eigenvalue weighted by molar-refractivity contribution is -0.00505. The van der Waals surface area contributed by atoms with E-state index in [2.05, 4.69) is 0 Å². The Morgan fingerprint density at radius 3 is 2.18 bits per heavy atom. The number of rotatable bonds is 3. The Hall–Kier alpha value is -0.180. The third-order valence-electron chi connectivity index (χ3n) is 2.11. The summed E-state index contributed by atoms with van der Waals surface area (Å²) >= 11 is 0. The average molecular weight is 164 g/mol. The van der Waals surface area contributed by atoms with E-state index in [1.807, 2.05) is 13.8 Å². The topological polar surface area (TPSA) is 9.23 Å². The molecule has 1 nitrogen and oxygen atoms in total. The van der Waals surface area contributed by atoms with E-state index in [-0.39, 0.29) is 19.1 Å². The highest BCUT2D eigenvalue weighted by Crippen LogP contribution is 2.60. The van der Waals surface area contributed by atoms with Gasteiger partial charge in [-0.1, -0.05) is 6.92 Å². The molecule has 1 fully saturated rings. The summed E-state index contributed by atoms with van der Waals surface area (Å²) in [5.74, 6) is -2.48. The van der Waals surface area contributed by atoms with E-state index in [9.17, 15) is 8.78 Å². The fourth-order valence-corrected chi connectivity index (χ4v) is 0.953. The Labute approximate surface area is 65.7 Å². The standard InChI is InChI=1S/C8H14F2O/c1-6(2)11-5-7(3)4-8(7,9)10/h6H,4-5H2,1-3H3. The summed E-state index contributed by atoms with van der Waals surface area (Å²) in [5.41, 5.74) is -0.878. The van der Waals surface area contributed by atoms with Crippen LogP contribution >= 0.6 is 0 Å². The lowest BCUT2D eigenvalue weighted by atomic mass is 10.1. The zero-order chi connectivity index (χ0) is 8.70. The minimum Gasteiger partial charge on any atom is -0.378 e. The van der Waals surface area contributed by atoms with E-state index in [4.69, 9.17) is 4.74 Å². The first-order valence-corrected chi connectivity index (χ1v) is 3.87. The van der Waals surface area contributed by atoms with Crippen LogP contribution in [-0.2, 0) is 4.74 Å². The van der Waals surface area contributed by atoms with Crippen LogP contribution in [0, 0.1) is 5.41 Å². The molecule has 0 aliphatic heterocycles. The molecule has 0 heterocycles. The zero-order valence-corrected chi connectivity index (χ0v) is 7.16. The number of alkyl halides is 2. The first-order chi connectivity index (χ1) is 4.87. The second-order valence-electron chi connectivity index (χ2n) is 3.80. The Kier molecular flexibility index (Phi) is 1.95.